The molecular formula is C27H23Cl5N3O2+. The minimum atomic E-state index is -0.384. The van der Waals surface area contributed by atoms with Crippen LogP contribution in [0.3, 0.4) is 0 Å². The number of rotatable bonds is 10. The Balaban J connectivity index is 1.41. The number of ether oxygens (including phenoxy) is 1. The summed E-state index contributed by atoms with van der Waals surface area (Å²) in [5.41, 5.74) is 2.33. The van der Waals surface area contributed by atoms with E-state index < -0.39 is 0 Å². The molecule has 1 unspecified atom stereocenters. The van der Waals surface area contributed by atoms with Crippen molar-refractivity contribution in [2.24, 2.45) is 0 Å². The average Bonchev–Trinajstić information content (AvgIpc) is 3.30. The lowest BCUT2D eigenvalue weighted by atomic mass is 10.1. The van der Waals surface area contributed by atoms with E-state index in [1.807, 2.05) is 40.0 Å². The van der Waals surface area contributed by atoms with Gasteiger partial charge < -0.3 is 10.1 Å². The van der Waals surface area contributed by atoms with Crippen molar-refractivity contribution < 1.29 is 14.1 Å². The minimum Gasteiger partial charge on any atom is -0.365 e. The van der Waals surface area contributed by atoms with Crippen molar-refractivity contribution in [3.8, 4) is 0 Å². The van der Waals surface area contributed by atoms with Gasteiger partial charge in [-0.1, -0.05) is 70.1 Å². The van der Waals surface area contributed by atoms with Crippen molar-refractivity contribution in [3.63, 3.8) is 0 Å². The molecule has 0 spiro atoms. The average molecular weight is 599 g/mol. The zero-order chi connectivity index (χ0) is 26.4. The summed E-state index contributed by atoms with van der Waals surface area (Å²) in [6, 6.07) is 17.6. The Bertz CT molecular complexity index is 1370. The molecule has 0 radical (unpaired) electrons. The number of carbonyl (C=O) groups excluding carboxylic acids is 1. The molecule has 37 heavy (non-hydrogen) atoms. The third kappa shape index (κ3) is 8.11. The zero-order valence-electron chi connectivity index (χ0n) is 19.5. The van der Waals surface area contributed by atoms with Crippen LogP contribution >= 0.6 is 58.0 Å². The molecule has 0 aliphatic heterocycles. The van der Waals surface area contributed by atoms with Crippen molar-refractivity contribution in [2.75, 3.05) is 5.32 Å². The van der Waals surface area contributed by atoms with Crippen LogP contribution in [0.4, 0.5) is 5.69 Å². The highest BCUT2D eigenvalue weighted by molar-refractivity contribution is 6.35. The number of anilines is 1. The molecule has 4 rings (SSSR count). The quantitative estimate of drug-likeness (QED) is 0.188. The number of imidazole rings is 1. The monoisotopic (exact) mass is 596 g/mol. The minimum absolute atomic E-state index is 0.0865. The number of nitrogens with zero attached hydrogens (tertiary/aromatic N) is 2. The fourth-order valence-electron chi connectivity index (χ4n) is 3.69. The van der Waals surface area contributed by atoms with Crippen molar-refractivity contribution in [2.45, 2.75) is 32.2 Å². The predicted octanol–water partition coefficient (Wildman–Crippen LogP) is 8.03. The standard InChI is InChI=1S/C27H22Cl5N3O2/c28-19-3-6-22(7-4-19)33-27(36)9-10-34-11-12-35(17-34)15-26(23-8-5-21(30)14-25(23)32)37-16-18-1-2-20(29)13-24(18)31/h1-8,11-14,17,26H,9-10,15-16H2/p+1. The van der Waals surface area contributed by atoms with Gasteiger partial charge in [-0.15, -0.1) is 0 Å². The van der Waals surface area contributed by atoms with Crippen molar-refractivity contribution in [1.29, 1.82) is 0 Å². The second kappa shape index (κ2) is 13.0. The number of amides is 1. The van der Waals surface area contributed by atoms with E-state index in [2.05, 4.69) is 5.32 Å². The van der Waals surface area contributed by atoms with Crippen LogP contribution in [0.25, 0.3) is 0 Å². The van der Waals surface area contributed by atoms with Gasteiger partial charge in [-0.05, 0) is 54.1 Å². The molecule has 3 aromatic carbocycles. The molecule has 0 fully saturated rings. The molecule has 0 saturated heterocycles. The Morgan fingerprint density at radius 3 is 2.27 bits per heavy atom. The van der Waals surface area contributed by atoms with Gasteiger partial charge in [0.15, 0.2) is 0 Å². The van der Waals surface area contributed by atoms with Crippen molar-refractivity contribution in [1.82, 2.24) is 4.57 Å². The highest BCUT2D eigenvalue weighted by Gasteiger charge is 2.21. The zero-order valence-corrected chi connectivity index (χ0v) is 23.3. The highest BCUT2D eigenvalue weighted by atomic mass is 35.5. The van der Waals surface area contributed by atoms with E-state index >= 15 is 0 Å². The summed E-state index contributed by atoms with van der Waals surface area (Å²) >= 11 is 30.9. The molecule has 0 aliphatic carbocycles. The highest BCUT2D eigenvalue weighted by Crippen LogP contribution is 2.31. The third-order valence-electron chi connectivity index (χ3n) is 5.61. The van der Waals surface area contributed by atoms with Crippen LogP contribution in [0.15, 0.2) is 79.4 Å². The van der Waals surface area contributed by atoms with Gasteiger partial charge in [-0.3, -0.25) is 4.79 Å². The molecule has 0 bridgehead atoms. The van der Waals surface area contributed by atoms with Crippen LogP contribution in [0.1, 0.15) is 23.7 Å². The van der Waals surface area contributed by atoms with E-state index in [0.29, 0.717) is 50.3 Å². The normalized spacial score (nSPS) is 11.9. The molecule has 0 saturated carbocycles. The van der Waals surface area contributed by atoms with Crippen LogP contribution in [-0.4, -0.2) is 10.5 Å². The van der Waals surface area contributed by atoms with Gasteiger partial charge in [-0.2, -0.15) is 0 Å². The van der Waals surface area contributed by atoms with Crippen molar-refractivity contribution in [3.05, 3.63) is 116 Å². The summed E-state index contributed by atoms with van der Waals surface area (Å²) in [7, 11) is 0. The fourth-order valence-corrected chi connectivity index (χ4v) is 4.81. The van der Waals surface area contributed by atoms with E-state index in [1.54, 1.807) is 48.5 Å². The predicted molar refractivity (Wildman–Crippen MR) is 150 cm³/mol. The number of nitrogens with one attached hydrogen (secondary N) is 1. The van der Waals surface area contributed by atoms with Crippen LogP contribution in [0.5, 0.6) is 0 Å². The van der Waals surface area contributed by atoms with Gasteiger partial charge in [0.2, 0.25) is 12.2 Å². The van der Waals surface area contributed by atoms with Gasteiger partial charge in [-0.25, -0.2) is 9.13 Å². The Morgan fingerprint density at radius 2 is 1.57 bits per heavy atom. The molecule has 4 aromatic rings. The molecular weight excluding hydrogens is 576 g/mol. The smallest absolute Gasteiger partial charge is 0.243 e. The Labute approximate surface area is 240 Å². The van der Waals surface area contributed by atoms with Crippen LogP contribution in [0.2, 0.25) is 25.1 Å². The Hall–Kier alpha value is -2.25. The first-order chi connectivity index (χ1) is 17.8. The SMILES string of the molecule is O=C(CCn1cc[n+](CC(OCc2ccc(Cl)cc2Cl)c2ccc(Cl)cc2Cl)c1)Nc1ccc(Cl)cc1. The molecule has 5 nitrogen and oxygen atoms in total. The number of hydrogen-bond acceptors (Lipinski definition) is 2. The largest absolute Gasteiger partial charge is 0.365 e. The maximum atomic E-state index is 12.3. The van der Waals surface area contributed by atoms with E-state index in [4.69, 9.17) is 62.7 Å². The summed E-state index contributed by atoms with van der Waals surface area (Å²) in [6.07, 6.45) is 5.68. The van der Waals surface area contributed by atoms with Gasteiger partial charge in [0, 0.05) is 36.4 Å². The Kier molecular flexibility index (Phi) is 9.77. The summed E-state index contributed by atoms with van der Waals surface area (Å²) in [5, 5.41) is 5.64. The lowest BCUT2D eigenvalue weighted by Crippen LogP contribution is -2.35. The van der Waals surface area contributed by atoms with Gasteiger partial charge in [0.05, 0.1) is 19.6 Å². The molecule has 1 atom stereocenters. The third-order valence-corrected chi connectivity index (χ3v) is 7.01. The lowest BCUT2D eigenvalue weighted by molar-refractivity contribution is -0.704. The number of carbonyl (C=O) groups is 1. The summed E-state index contributed by atoms with van der Waals surface area (Å²) in [5.74, 6) is -0.0865. The van der Waals surface area contributed by atoms with Crippen LogP contribution in [-0.2, 0) is 29.2 Å². The number of hydrogen-bond donors (Lipinski definition) is 1. The molecule has 192 valence electrons. The second-order valence-electron chi connectivity index (χ2n) is 8.35. The first kappa shape index (κ1) is 27.8. The van der Waals surface area contributed by atoms with Crippen LogP contribution < -0.4 is 9.88 Å². The lowest BCUT2D eigenvalue weighted by Gasteiger charge is -2.19. The summed E-state index contributed by atoms with van der Waals surface area (Å²) in [4.78, 5) is 12.3. The first-order valence-electron chi connectivity index (χ1n) is 11.4. The van der Waals surface area contributed by atoms with Crippen molar-refractivity contribution >= 4 is 69.6 Å². The molecule has 1 aromatic heterocycles. The number of benzene rings is 3. The van der Waals surface area contributed by atoms with E-state index in [1.165, 1.54) is 0 Å². The fraction of sp³-hybridized carbons (Fsp3) is 0.185. The summed E-state index contributed by atoms with van der Waals surface area (Å²) < 4.78 is 10.2. The maximum absolute atomic E-state index is 12.3. The molecule has 1 heterocycles. The van der Waals surface area contributed by atoms with E-state index in [0.717, 1.165) is 11.1 Å². The van der Waals surface area contributed by atoms with E-state index in [9.17, 15) is 4.79 Å². The van der Waals surface area contributed by atoms with E-state index in [-0.39, 0.29) is 18.6 Å². The first-order valence-corrected chi connectivity index (χ1v) is 13.3. The number of aryl methyl sites for hydroxylation is 1. The second-order valence-corrected chi connectivity index (χ2v) is 10.5. The van der Waals surface area contributed by atoms with Gasteiger partial charge >= 0.3 is 0 Å². The van der Waals surface area contributed by atoms with Crippen LogP contribution in [0, 0.1) is 0 Å². The number of halogens is 5. The molecule has 10 heteroatoms. The molecule has 0 aliphatic rings. The maximum Gasteiger partial charge on any atom is 0.243 e. The summed E-state index contributed by atoms with van der Waals surface area (Å²) in [6.45, 7) is 1.27. The molecule has 1 amide bonds. The van der Waals surface area contributed by atoms with Gasteiger partial charge in [0.1, 0.15) is 25.0 Å². The molecule has 1 N–H and O–H groups in total. The van der Waals surface area contributed by atoms with Gasteiger partial charge in [0.25, 0.3) is 0 Å². The topological polar surface area (TPSA) is 47.1 Å². The Morgan fingerprint density at radius 1 is 0.892 bits per heavy atom. The number of aromatic nitrogens is 2.